The molecule has 0 atom stereocenters. The summed E-state index contributed by atoms with van der Waals surface area (Å²) < 4.78 is 4.29. The molecule has 2 aromatic carbocycles. The van der Waals surface area contributed by atoms with E-state index in [4.69, 9.17) is 0 Å². The van der Waals surface area contributed by atoms with Gasteiger partial charge >= 0.3 is 0 Å². The highest BCUT2D eigenvalue weighted by Gasteiger charge is 2.31. The number of anilines is 1. The van der Waals surface area contributed by atoms with Gasteiger partial charge in [-0.15, -0.1) is 0 Å². The van der Waals surface area contributed by atoms with Gasteiger partial charge in [-0.05, 0) is 46.1 Å². The molecule has 0 aliphatic rings. The predicted molar refractivity (Wildman–Crippen MR) is 113 cm³/mol. The van der Waals surface area contributed by atoms with Gasteiger partial charge in [0.05, 0.1) is 29.1 Å². The summed E-state index contributed by atoms with van der Waals surface area (Å²) in [5.74, 6) is -0.159. The molecular formula is C21H20BrN5O. The smallest absolute Gasteiger partial charge is 0.251 e. The number of carbonyl (C=O) groups excluding carboxylic acids is 1. The van der Waals surface area contributed by atoms with Crippen molar-refractivity contribution in [1.29, 1.82) is 0 Å². The van der Waals surface area contributed by atoms with Gasteiger partial charge in [0.1, 0.15) is 5.54 Å². The molecule has 0 saturated heterocycles. The van der Waals surface area contributed by atoms with Crippen LogP contribution in [0.25, 0.3) is 10.8 Å². The zero-order valence-corrected chi connectivity index (χ0v) is 17.2. The number of amides is 1. The van der Waals surface area contributed by atoms with Crippen LogP contribution in [-0.2, 0) is 16.9 Å². The molecule has 1 N–H and O–H groups in total. The van der Waals surface area contributed by atoms with E-state index in [1.165, 1.54) is 16.3 Å². The average molecular weight is 438 g/mol. The Bertz CT molecular complexity index is 1140. The molecule has 0 aliphatic heterocycles. The van der Waals surface area contributed by atoms with Crippen molar-refractivity contribution in [2.24, 2.45) is 0 Å². The van der Waals surface area contributed by atoms with E-state index < -0.39 is 5.54 Å². The van der Waals surface area contributed by atoms with Gasteiger partial charge in [-0.1, -0.05) is 42.5 Å². The second-order valence-electron chi connectivity index (χ2n) is 7.18. The van der Waals surface area contributed by atoms with Gasteiger partial charge in [-0.3, -0.25) is 14.2 Å². The fourth-order valence-corrected chi connectivity index (χ4v) is 3.40. The number of nitrogens with one attached hydrogen (secondary N) is 1. The molecule has 4 rings (SSSR count). The first kappa shape index (κ1) is 18.4. The SMILES string of the molecule is CC(C)(C(=O)Nc1cnn(Cc2cccc3ccccc23)c1)n1cc(Br)cn1. The van der Waals surface area contributed by atoms with Gasteiger partial charge in [0.2, 0.25) is 0 Å². The first-order valence-electron chi connectivity index (χ1n) is 8.95. The Kier molecular flexibility index (Phi) is 4.77. The van der Waals surface area contributed by atoms with E-state index in [-0.39, 0.29) is 5.91 Å². The zero-order valence-electron chi connectivity index (χ0n) is 15.6. The van der Waals surface area contributed by atoms with Crippen molar-refractivity contribution in [2.45, 2.75) is 25.9 Å². The molecule has 0 fully saturated rings. The third-order valence-corrected chi connectivity index (χ3v) is 5.19. The average Bonchev–Trinajstić information content (AvgIpc) is 3.31. The number of fused-ring (bicyclic) bond motifs is 1. The lowest BCUT2D eigenvalue weighted by atomic mass is 10.0. The number of carbonyl (C=O) groups is 1. The van der Waals surface area contributed by atoms with Crippen LogP contribution in [0, 0.1) is 0 Å². The minimum atomic E-state index is -0.830. The number of benzene rings is 2. The summed E-state index contributed by atoms with van der Waals surface area (Å²) in [6.45, 7) is 4.28. The molecule has 4 aromatic rings. The lowest BCUT2D eigenvalue weighted by Crippen LogP contribution is -2.40. The number of nitrogens with zero attached hydrogens (tertiary/aromatic N) is 4. The topological polar surface area (TPSA) is 64.7 Å². The van der Waals surface area contributed by atoms with Gasteiger partial charge in [0.25, 0.3) is 5.91 Å². The minimum Gasteiger partial charge on any atom is -0.321 e. The molecule has 142 valence electrons. The highest BCUT2D eigenvalue weighted by molar-refractivity contribution is 9.10. The summed E-state index contributed by atoms with van der Waals surface area (Å²) in [6, 6.07) is 14.5. The third kappa shape index (κ3) is 3.57. The quantitative estimate of drug-likeness (QED) is 0.502. The third-order valence-electron chi connectivity index (χ3n) is 4.78. The van der Waals surface area contributed by atoms with Crippen LogP contribution in [0.3, 0.4) is 0 Å². The molecule has 0 spiro atoms. The van der Waals surface area contributed by atoms with Crippen molar-refractivity contribution < 1.29 is 4.79 Å². The first-order valence-corrected chi connectivity index (χ1v) is 9.74. The number of halogens is 1. The summed E-state index contributed by atoms with van der Waals surface area (Å²) in [5.41, 5.74) is 1.01. The maximum absolute atomic E-state index is 12.8. The van der Waals surface area contributed by atoms with Gasteiger partial charge in [0, 0.05) is 12.4 Å². The van der Waals surface area contributed by atoms with Crippen LogP contribution in [0.1, 0.15) is 19.4 Å². The van der Waals surface area contributed by atoms with Gasteiger partial charge < -0.3 is 5.32 Å². The van der Waals surface area contributed by atoms with Crippen LogP contribution in [0.15, 0.2) is 71.7 Å². The molecule has 0 aliphatic carbocycles. The molecule has 2 heterocycles. The Morgan fingerprint density at radius 2 is 1.86 bits per heavy atom. The molecule has 0 saturated carbocycles. The molecule has 1 amide bonds. The van der Waals surface area contributed by atoms with E-state index in [0.29, 0.717) is 12.2 Å². The minimum absolute atomic E-state index is 0.159. The summed E-state index contributed by atoms with van der Waals surface area (Å²) >= 11 is 3.36. The van der Waals surface area contributed by atoms with E-state index in [1.807, 2.05) is 36.9 Å². The van der Waals surface area contributed by atoms with E-state index in [0.717, 1.165) is 4.47 Å². The second kappa shape index (κ2) is 7.24. The Labute approximate surface area is 171 Å². The van der Waals surface area contributed by atoms with E-state index in [1.54, 1.807) is 23.3 Å². The fraction of sp³-hybridized carbons (Fsp3) is 0.190. The van der Waals surface area contributed by atoms with Crippen LogP contribution >= 0.6 is 15.9 Å². The Morgan fingerprint density at radius 3 is 2.64 bits per heavy atom. The summed E-state index contributed by atoms with van der Waals surface area (Å²) in [7, 11) is 0. The number of hydrogen-bond acceptors (Lipinski definition) is 3. The summed E-state index contributed by atoms with van der Waals surface area (Å²) in [5, 5.41) is 14.0. The Hall–Kier alpha value is -2.93. The van der Waals surface area contributed by atoms with Crippen LogP contribution in [-0.4, -0.2) is 25.5 Å². The van der Waals surface area contributed by atoms with Crippen molar-refractivity contribution in [3.63, 3.8) is 0 Å². The van der Waals surface area contributed by atoms with E-state index in [9.17, 15) is 4.79 Å². The molecule has 6 nitrogen and oxygen atoms in total. The maximum atomic E-state index is 12.8. The van der Waals surface area contributed by atoms with Crippen LogP contribution in [0.4, 0.5) is 5.69 Å². The standard InChI is InChI=1S/C21H20BrN5O/c1-21(2,27-13-17(22)10-24-27)20(28)25-18-11-23-26(14-18)12-16-8-5-7-15-6-3-4-9-19(15)16/h3-11,13-14H,12H2,1-2H3,(H,25,28). The van der Waals surface area contributed by atoms with Gasteiger partial charge in [-0.25, -0.2) is 0 Å². The van der Waals surface area contributed by atoms with E-state index in [2.05, 4.69) is 61.8 Å². The molecule has 0 radical (unpaired) electrons. The van der Waals surface area contributed by atoms with Crippen molar-refractivity contribution >= 4 is 38.3 Å². The summed E-state index contributed by atoms with van der Waals surface area (Å²) in [6.07, 6.45) is 6.95. The predicted octanol–water partition coefficient (Wildman–Crippen LogP) is 4.42. The normalized spacial score (nSPS) is 11.7. The first-order chi connectivity index (χ1) is 13.4. The van der Waals surface area contributed by atoms with Crippen molar-refractivity contribution in [3.05, 3.63) is 77.3 Å². The maximum Gasteiger partial charge on any atom is 0.251 e. The number of hydrogen-bond donors (Lipinski definition) is 1. The molecule has 7 heteroatoms. The van der Waals surface area contributed by atoms with Gasteiger partial charge in [0.15, 0.2) is 0 Å². The summed E-state index contributed by atoms with van der Waals surface area (Å²) in [4.78, 5) is 12.8. The highest BCUT2D eigenvalue weighted by atomic mass is 79.9. The second-order valence-corrected chi connectivity index (χ2v) is 8.10. The van der Waals surface area contributed by atoms with Crippen LogP contribution < -0.4 is 5.32 Å². The molecule has 28 heavy (non-hydrogen) atoms. The number of aromatic nitrogens is 4. The van der Waals surface area contributed by atoms with E-state index >= 15 is 0 Å². The van der Waals surface area contributed by atoms with Crippen LogP contribution in [0.5, 0.6) is 0 Å². The zero-order chi connectivity index (χ0) is 19.7. The fourth-order valence-electron chi connectivity index (χ4n) is 3.11. The van der Waals surface area contributed by atoms with Crippen molar-refractivity contribution in [1.82, 2.24) is 19.6 Å². The number of rotatable bonds is 5. The van der Waals surface area contributed by atoms with Crippen molar-refractivity contribution in [3.8, 4) is 0 Å². The lowest BCUT2D eigenvalue weighted by molar-refractivity contribution is -0.123. The molecular weight excluding hydrogens is 418 g/mol. The van der Waals surface area contributed by atoms with Crippen LogP contribution in [0.2, 0.25) is 0 Å². The molecule has 2 aromatic heterocycles. The molecule has 0 bridgehead atoms. The Balaban J connectivity index is 1.51. The monoisotopic (exact) mass is 437 g/mol. The molecule has 0 unspecified atom stereocenters. The lowest BCUT2D eigenvalue weighted by Gasteiger charge is -2.23. The largest absolute Gasteiger partial charge is 0.321 e. The van der Waals surface area contributed by atoms with Crippen molar-refractivity contribution in [2.75, 3.05) is 5.32 Å². The Morgan fingerprint density at radius 1 is 1.07 bits per heavy atom. The van der Waals surface area contributed by atoms with Gasteiger partial charge in [-0.2, -0.15) is 10.2 Å². The highest BCUT2D eigenvalue weighted by Crippen LogP contribution is 2.22.